The molecule has 3 aliphatic rings. The Balaban J connectivity index is 1.46. The molecule has 1 aliphatic heterocycles. The molecule has 0 bridgehead atoms. The van der Waals surface area contributed by atoms with E-state index in [1.165, 1.54) is 0 Å². The van der Waals surface area contributed by atoms with Gasteiger partial charge in [0.05, 0.1) is 6.61 Å². The summed E-state index contributed by atoms with van der Waals surface area (Å²) in [7, 11) is 0. The Morgan fingerprint density at radius 1 is 1.14 bits per heavy atom. The third kappa shape index (κ3) is 4.28. The number of hydrogen-bond acceptors (Lipinski definition) is 8. The predicted molar refractivity (Wildman–Crippen MR) is 136 cm³/mol. The molecular formula is C29H32N2O6. The van der Waals surface area contributed by atoms with E-state index in [4.69, 9.17) is 15.2 Å². The van der Waals surface area contributed by atoms with Crippen molar-refractivity contribution >= 4 is 23.4 Å². The van der Waals surface area contributed by atoms with E-state index in [0.717, 1.165) is 43.2 Å². The first-order valence-electron chi connectivity index (χ1n) is 12.9. The highest BCUT2D eigenvalue weighted by Crippen LogP contribution is 2.59. The van der Waals surface area contributed by atoms with E-state index in [0.29, 0.717) is 24.2 Å². The number of Topliss-reactive ketones (excluding diaryl/α,β-unsaturated/α-hetero) is 2. The third-order valence-electron chi connectivity index (χ3n) is 7.96. The van der Waals surface area contributed by atoms with Crippen LogP contribution in [0.25, 0.3) is 0 Å². The van der Waals surface area contributed by atoms with Crippen LogP contribution in [0.1, 0.15) is 78.1 Å². The Bertz CT molecular complexity index is 1280. The number of carbonyl (C=O) groups is 3. The Kier molecular flexibility index (Phi) is 6.72. The fraction of sp³-hybridized carbons (Fsp3) is 0.448. The monoisotopic (exact) mass is 504 g/mol. The molecule has 1 saturated heterocycles. The molecule has 5 rings (SSSR count). The number of carbonyl (C=O) groups excluding carboxylic acids is 3. The number of hydrogen-bond donors (Lipinski definition) is 2. The van der Waals surface area contributed by atoms with Gasteiger partial charge in [-0.25, -0.2) is 9.78 Å². The fourth-order valence-electron chi connectivity index (χ4n) is 5.72. The van der Waals surface area contributed by atoms with E-state index in [1.54, 1.807) is 36.5 Å². The summed E-state index contributed by atoms with van der Waals surface area (Å²) < 4.78 is 11.8. The lowest BCUT2D eigenvalue weighted by atomic mass is 9.71. The van der Waals surface area contributed by atoms with Gasteiger partial charge in [0.15, 0.2) is 11.4 Å². The Morgan fingerprint density at radius 3 is 2.51 bits per heavy atom. The quantitative estimate of drug-likeness (QED) is 0.240. The number of aryl methyl sites for hydroxylation is 1. The van der Waals surface area contributed by atoms with Crippen molar-refractivity contribution in [1.29, 1.82) is 0 Å². The number of ether oxygens (including phenoxy) is 2. The summed E-state index contributed by atoms with van der Waals surface area (Å²) in [5.74, 6) is -1.35. The highest BCUT2D eigenvalue weighted by Gasteiger charge is 2.85. The second kappa shape index (κ2) is 9.84. The molecule has 2 unspecified atom stereocenters. The predicted octanol–water partition coefficient (Wildman–Crippen LogP) is 3.76. The number of epoxide rings is 1. The number of rotatable bonds is 8. The topological polar surface area (TPSA) is 132 Å². The normalized spacial score (nSPS) is 25.7. The lowest BCUT2D eigenvalue weighted by molar-refractivity contribution is -0.155. The van der Waals surface area contributed by atoms with Crippen molar-refractivity contribution in [2.24, 2.45) is 0 Å². The van der Waals surface area contributed by atoms with Gasteiger partial charge >= 0.3 is 5.97 Å². The van der Waals surface area contributed by atoms with Crippen LogP contribution in [-0.4, -0.2) is 51.5 Å². The van der Waals surface area contributed by atoms with Crippen molar-refractivity contribution in [3.63, 3.8) is 0 Å². The molecule has 8 nitrogen and oxygen atoms in total. The molecule has 1 aromatic carbocycles. The van der Waals surface area contributed by atoms with Gasteiger partial charge in [0, 0.05) is 23.7 Å². The number of benzene rings is 1. The van der Waals surface area contributed by atoms with Crippen LogP contribution >= 0.6 is 0 Å². The summed E-state index contributed by atoms with van der Waals surface area (Å²) in [6.07, 6.45) is 6.98. The summed E-state index contributed by atoms with van der Waals surface area (Å²) in [6.45, 7) is 1.55. The fourth-order valence-corrected chi connectivity index (χ4v) is 5.72. The van der Waals surface area contributed by atoms with Gasteiger partial charge in [-0.1, -0.05) is 36.3 Å². The molecule has 0 spiro atoms. The minimum atomic E-state index is -2.02. The molecule has 2 fully saturated rings. The van der Waals surface area contributed by atoms with Gasteiger partial charge in [-0.2, -0.15) is 0 Å². The molecule has 1 aromatic heterocycles. The molecule has 0 radical (unpaired) electrons. The third-order valence-corrected chi connectivity index (χ3v) is 7.96. The van der Waals surface area contributed by atoms with Crippen molar-refractivity contribution in [2.45, 2.75) is 75.6 Å². The van der Waals surface area contributed by atoms with Crippen LogP contribution in [0.3, 0.4) is 0 Å². The van der Waals surface area contributed by atoms with Crippen LogP contribution in [0.15, 0.2) is 53.7 Å². The first-order valence-corrected chi connectivity index (χ1v) is 12.9. The number of nitrogens with two attached hydrogens (primary N) is 1. The van der Waals surface area contributed by atoms with Gasteiger partial charge < -0.3 is 20.3 Å². The van der Waals surface area contributed by atoms with E-state index in [-0.39, 0.29) is 30.3 Å². The van der Waals surface area contributed by atoms with Crippen LogP contribution in [-0.2, 0) is 20.7 Å². The SMILES string of the molecule is CC(CCc1ccnc(N)c1)=C(CO)CC12OC1(C(=O)OC1CCCCC1)C(=O)c1ccccc1C2=O. The average Bonchev–Trinajstić information content (AvgIpc) is 3.61. The summed E-state index contributed by atoms with van der Waals surface area (Å²) >= 11 is 0. The van der Waals surface area contributed by atoms with Gasteiger partial charge in [-0.15, -0.1) is 0 Å². The molecule has 2 atom stereocenters. The van der Waals surface area contributed by atoms with E-state index in [2.05, 4.69) is 4.98 Å². The van der Waals surface area contributed by atoms with Crippen LogP contribution in [0, 0.1) is 0 Å². The number of pyridine rings is 1. The number of anilines is 1. The van der Waals surface area contributed by atoms with E-state index in [9.17, 15) is 19.5 Å². The van der Waals surface area contributed by atoms with Crippen molar-refractivity contribution in [1.82, 2.24) is 4.98 Å². The van der Waals surface area contributed by atoms with Crippen LogP contribution in [0.5, 0.6) is 0 Å². The number of aliphatic hydroxyl groups is 1. The van der Waals surface area contributed by atoms with Gasteiger partial charge in [-0.05, 0) is 68.7 Å². The lowest BCUT2D eigenvalue weighted by Crippen LogP contribution is -2.51. The molecule has 8 heteroatoms. The van der Waals surface area contributed by atoms with Gasteiger partial charge in [0.2, 0.25) is 5.78 Å². The number of aromatic nitrogens is 1. The first kappa shape index (κ1) is 25.3. The first-order chi connectivity index (χ1) is 17.8. The summed E-state index contributed by atoms with van der Waals surface area (Å²) in [5, 5.41) is 10.3. The minimum absolute atomic E-state index is 0.0630. The average molecular weight is 505 g/mol. The lowest BCUT2D eigenvalue weighted by Gasteiger charge is -2.27. The van der Waals surface area contributed by atoms with E-state index < -0.39 is 28.7 Å². The summed E-state index contributed by atoms with van der Waals surface area (Å²) in [4.78, 5) is 45.1. The number of nitrogens with zero attached hydrogens (tertiary/aromatic N) is 1. The number of fused-ring (bicyclic) bond motifs is 2. The van der Waals surface area contributed by atoms with E-state index >= 15 is 0 Å². The molecule has 37 heavy (non-hydrogen) atoms. The second-order valence-corrected chi connectivity index (χ2v) is 10.3. The second-order valence-electron chi connectivity index (χ2n) is 10.3. The molecule has 2 aliphatic carbocycles. The van der Waals surface area contributed by atoms with Gasteiger partial charge in [0.25, 0.3) is 5.60 Å². The number of nitrogen functional groups attached to an aromatic ring is 1. The maximum atomic E-state index is 13.8. The Morgan fingerprint density at radius 2 is 1.84 bits per heavy atom. The number of aliphatic hydroxyl groups excluding tert-OH is 1. The Hall–Kier alpha value is -3.36. The zero-order valence-electron chi connectivity index (χ0n) is 21.0. The molecule has 194 valence electrons. The zero-order valence-corrected chi connectivity index (χ0v) is 21.0. The molecule has 1 saturated carbocycles. The molecule has 2 heterocycles. The molecule has 2 aromatic rings. The summed E-state index contributed by atoms with van der Waals surface area (Å²) in [6, 6.07) is 10.1. The molecular weight excluding hydrogens is 472 g/mol. The maximum Gasteiger partial charge on any atom is 0.350 e. The molecule has 3 N–H and O–H groups in total. The number of allylic oxidation sites excluding steroid dienone is 1. The molecule has 0 amide bonds. The number of ketones is 2. The number of esters is 1. The van der Waals surface area contributed by atoms with Crippen molar-refractivity contribution in [2.75, 3.05) is 12.3 Å². The van der Waals surface area contributed by atoms with E-state index in [1.807, 2.05) is 13.0 Å². The van der Waals surface area contributed by atoms with Gasteiger partial charge in [0.1, 0.15) is 11.9 Å². The van der Waals surface area contributed by atoms with Crippen molar-refractivity contribution < 1.29 is 29.0 Å². The highest BCUT2D eigenvalue weighted by atomic mass is 16.7. The van der Waals surface area contributed by atoms with Crippen LogP contribution in [0.4, 0.5) is 5.82 Å². The largest absolute Gasteiger partial charge is 0.460 e. The zero-order chi connectivity index (χ0) is 26.2. The van der Waals surface area contributed by atoms with Crippen LogP contribution in [0.2, 0.25) is 0 Å². The van der Waals surface area contributed by atoms with Crippen LogP contribution < -0.4 is 5.73 Å². The Labute approximate surface area is 215 Å². The highest BCUT2D eigenvalue weighted by molar-refractivity contribution is 6.32. The minimum Gasteiger partial charge on any atom is -0.460 e. The summed E-state index contributed by atoms with van der Waals surface area (Å²) in [5.41, 5.74) is 4.86. The standard InChI is InChI=1S/C29H32N2O6/c1-18(11-12-19-13-14-31-24(30)15-19)20(17-32)16-28-25(33)22-9-5-6-10-23(22)26(34)29(28,37-28)27(35)36-21-7-3-2-4-8-21/h5-6,9-10,13-15,21,32H,2-4,7-8,11-12,16-17H2,1H3,(H2,30,31). The smallest absolute Gasteiger partial charge is 0.350 e. The van der Waals surface area contributed by atoms with Gasteiger partial charge in [-0.3, -0.25) is 9.59 Å². The van der Waals surface area contributed by atoms with Crippen molar-refractivity contribution in [3.8, 4) is 0 Å². The van der Waals surface area contributed by atoms with Crippen molar-refractivity contribution in [3.05, 3.63) is 70.4 Å². The maximum absolute atomic E-state index is 13.8.